The van der Waals surface area contributed by atoms with E-state index in [-0.39, 0.29) is 34.8 Å². The minimum atomic E-state index is -0.592. The number of benzene rings is 5. The van der Waals surface area contributed by atoms with Gasteiger partial charge in [-0.25, -0.2) is 14.5 Å². The Morgan fingerprint density at radius 2 is 0.771 bits per heavy atom. The lowest BCUT2D eigenvalue weighted by Gasteiger charge is -2.09. The maximum absolute atomic E-state index is 13.6. The van der Waals surface area contributed by atoms with Crippen LogP contribution in [0.1, 0.15) is 42.5 Å². The maximum Gasteiger partial charge on any atom is 0.264 e. The highest BCUT2D eigenvalue weighted by Gasteiger charge is 2.22. The van der Waals surface area contributed by atoms with Crippen LogP contribution in [0.25, 0.3) is 112 Å². The number of nitrogens with one attached hydrogen (secondary N) is 2. The molecule has 5 aromatic carbocycles. The topological polar surface area (TPSA) is 145 Å². The van der Waals surface area contributed by atoms with Crippen molar-refractivity contribution in [3.05, 3.63) is 216 Å². The maximum atomic E-state index is 13.6. The van der Waals surface area contributed by atoms with Crippen molar-refractivity contribution in [1.29, 1.82) is 0 Å². The predicted octanol–water partition coefficient (Wildman–Crippen LogP) is 11.4. The van der Waals surface area contributed by atoms with Gasteiger partial charge in [0.05, 0.1) is 44.3 Å². The summed E-state index contributed by atoms with van der Waals surface area (Å²) in [5, 5.41) is 0.421. The zero-order valence-corrected chi connectivity index (χ0v) is 37.9. The number of aromatic amines is 2. The number of unbranched alkanes of at least 4 members (excludes halogenated alkanes) is 1. The van der Waals surface area contributed by atoms with E-state index in [9.17, 15) is 19.2 Å². The molecule has 10 aromatic rings. The molecular weight excluding hydrogens is 873 g/mol. The molecule has 0 saturated carbocycles. The molecule has 12 rings (SSSR count). The average molecular weight is 915 g/mol. The molecule has 338 valence electrons. The van der Waals surface area contributed by atoms with Gasteiger partial charge >= 0.3 is 0 Å². The van der Waals surface area contributed by atoms with Crippen LogP contribution in [0.15, 0.2) is 171 Å². The highest BCUT2D eigenvalue weighted by Crippen LogP contribution is 2.38. The molecule has 11 heteroatoms. The molecular formula is C59H42N6O5. The minimum Gasteiger partial charge on any atom is -0.473 e. The van der Waals surface area contributed by atoms with Crippen LogP contribution in [-0.4, -0.2) is 29.1 Å². The normalized spacial score (nSPS) is 12.1. The van der Waals surface area contributed by atoms with Crippen molar-refractivity contribution in [2.24, 2.45) is 0 Å². The van der Waals surface area contributed by atoms with E-state index in [0.717, 1.165) is 100 Å². The van der Waals surface area contributed by atoms with Crippen molar-refractivity contribution >= 4 is 67.9 Å². The van der Waals surface area contributed by atoms with Crippen molar-refractivity contribution in [2.75, 3.05) is 0 Å². The highest BCUT2D eigenvalue weighted by molar-refractivity contribution is 6.00. The quantitative estimate of drug-likeness (QED) is 0.139. The van der Waals surface area contributed by atoms with Crippen LogP contribution in [0.2, 0.25) is 0 Å². The van der Waals surface area contributed by atoms with Crippen LogP contribution in [0.3, 0.4) is 0 Å². The fourth-order valence-electron chi connectivity index (χ4n) is 9.80. The Morgan fingerprint density at radius 1 is 0.429 bits per heavy atom. The van der Waals surface area contributed by atoms with Crippen LogP contribution in [-0.2, 0) is 13.3 Å². The molecule has 7 heterocycles. The summed E-state index contributed by atoms with van der Waals surface area (Å²) in [6, 6.07) is 49.4. The Bertz CT molecular complexity index is 4060. The molecule has 2 aliphatic rings. The SMILES string of the molecule is CCCCn1c(=O)c2cc3c(=O)n(COc4ccc(-c5c6nc(c(-c7ccccc7)c7ccc([nH]7)c(-c7ccccc7)c7nc(c(-c8ccccc8)c8ccc5[nH]8)C=C7)C=C6)cc4)c(=O)c3cc2c1=O. The lowest BCUT2D eigenvalue weighted by molar-refractivity contribution is 0.230. The largest absolute Gasteiger partial charge is 0.473 e. The number of rotatable bonds is 10. The minimum absolute atomic E-state index is 0.0754. The molecule has 2 N–H and O–H groups in total. The Labute approximate surface area is 399 Å². The van der Waals surface area contributed by atoms with E-state index in [1.807, 2.05) is 79.7 Å². The van der Waals surface area contributed by atoms with Gasteiger partial charge in [0.25, 0.3) is 22.2 Å². The Morgan fingerprint density at radius 3 is 1.13 bits per heavy atom. The molecule has 0 spiro atoms. The first-order valence-corrected chi connectivity index (χ1v) is 23.3. The van der Waals surface area contributed by atoms with E-state index in [1.165, 1.54) is 16.7 Å². The number of hydrogen-bond acceptors (Lipinski definition) is 7. The molecule has 5 aromatic heterocycles. The van der Waals surface area contributed by atoms with E-state index in [0.29, 0.717) is 12.2 Å². The van der Waals surface area contributed by atoms with Crippen LogP contribution in [0.4, 0.5) is 0 Å². The first kappa shape index (κ1) is 42.2. The number of hydrogen-bond donors (Lipinski definition) is 2. The first-order chi connectivity index (χ1) is 34.3. The lowest BCUT2D eigenvalue weighted by atomic mass is 10.0. The third kappa shape index (κ3) is 7.14. The van der Waals surface area contributed by atoms with Gasteiger partial charge in [-0.3, -0.25) is 23.7 Å². The number of fused-ring (bicyclic) bond motifs is 10. The second-order valence-electron chi connectivity index (χ2n) is 17.5. The van der Waals surface area contributed by atoms with Gasteiger partial charge in [0, 0.05) is 50.9 Å². The third-order valence-corrected chi connectivity index (χ3v) is 13.2. The number of nitrogens with zero attached hydrogens (tertiary/aromatic N) is 4. The second kappa shape index (κ2) is 17.1. The van der Waals surface area contributed by atoms with Gasteiger partial charge < -0.3 is 14.7 Å². The molecule has 0 aliphatic carbocycles. The molecule has 70 heavy (non-hydrogen) atoms. The summed E-state index contributed by atoms with van der Waals surface area (Å²) in [4.78, 5) is 71.9. The lowest BCUT2D eigenvalue weighted by Crippen LogP contribution is -2.28. The molecule has 0 fully saturated rings. The van der Waals surface area contributed by atoms with E-state index in [1.54, 1.807) is 12.1 Å². The van der Waals surface area contributed by atoms with Gasteiger partial charge in [0.1, 0.15) is 5.75 Å². The smallest absolute Gasteiger partial charge is 0.264 e. The van der Waals surface area contributed by atoms with E-state index in [2.05, 4.69) is 88.9 Å². The summed E-state index contributed by atoms with van der Waals surface area (Å²) in [6.45, 7) is 1.88. The fourth-order valence-corrected chi connectivity index (χ4v) is 9.80. The third-order valence-electron chi connectivity index (χ3n) is 13.2. The highest BCUT2D eigenvalue weighted by atomic mass is 16.5. The summed E-state index contributed by atoms with van der Waals surface area (Å²) in [6.07, 6.45) is 9.72. The fraction of sp³-hybridized carbons (Fsp3) is 0.0847. The second-order valence-corrected chi connectivity index (χ2v) is 17.5. The van der Waals surface area contributed by atoms with Crippen molar-refractivity contribution in [3.63, 3.8) is 0 Å². The molecule has 0 atom stereocenters. The molecule has 8 bridgehead atoms. The Kier molecular flexibility index (Phi) is 10.3. The van der Waals surface area contributed by atoms with Crippen molar-refractivity contribution < 1.29 is 4.74 Å². The van der Waals surface area contributed by atoms with E-state index < -0.39 is 22.2 Å². The van der Waals surface area contributed by atoms with Crippen molar-refractivity contribution in [1.82, 2.24) is 29.1 Å². The Hall–Kier alpha value is -9.22. The van der Waals surface area contributed by atoms with E-state index >= 15 is 0 Å². The zero-order chi connectivity index (χ0) is 47.5. The van der Waals surface area contributed by atoms with Gasteiger partial charge in [-0.2, -0.15) is 0 Å². The molecule has 0 amide bonds. The van der Waals surface area contributed by atoms with Crippen molar-refractivity contribution in [2.45, 2.75) is 33.0 Å². The van der Waals surface area contributed by atoms with Gasteiger partial charge in [-0.15, -0.1) is 0 Å². The van der Waals surface area contributed by atoms with Crippen LogP contribution < -0.4 is 27.0 Å². The van der Waals surface area contributed by atoms with Crippen LogP contribution in [0.5, 0.6) is 5.75 Å². The summed E-state index contributed by atoms with van der Waals surface area (Å²) >= 11 is 0. The van der Waals surface area contributed by atoms with Gasteiger partial charge in [0.2, 0.25) is 0 Å². The monoisotopic (exact) mass is 914 g/mol. The number of H-pyrrole nitrogens is 2. The zero-order valence-electron chi connectivity index (χ0n) is 37.9. The molecule has 11 nitrogen and oxygen atoms in total. The Balaban J connectivity index is 1.01. The number of ether oxygens (including phenoxy) is 1. The summed E-state index contributed by atoms with van der Waals surface area (Å²) in [5.74, 6) is 0.420. The first-order valence-electron chi connectivity index (χ1n) is 23.3. The summed E-state index contributed by atoms with van der Waals surface area (Å²) in [5.41, 5.74) is 12.2. The summed E-state index contributed by atoms with van der Waals surface area (Å²) < 4.78 is 8.28. The average Bonchev–Trinajstić information content (AvgIpc) is 4.28. The summed E-state index contributed by atoms with van der Waals surface area (Å²) in [7, 11) is 0. The molecule has 0 unspecified atom stereocenters. The van der Waals surface area contributed by atoms with E-state index in [4.69, 9.17) is 14.7 Å². The predicted molar refractivity (Wildman–Crippen MR) is 281 cm³/mol. The molecule has 2 aliphatic heterocycles. The van der Waals surface area contributed by atoms with Gasteiger partial charge in [0.15, 0.2) is 6.73 Å². The molecule has 0 radical (unpaired) electrons. The standard InChI is InChI=1S/C59H42N6O5/c1-2-3-31-64-56(66)40-32-42-43(33-41(40)57(64)67)59(69)65(58(42)68)34-70-39-21-19-38(20-22-39)55-50-29-27-48(62-50)53(36-15-9-5-10-16-36)46-25-23-44(60-46)52(35-13-7-4-8-14-35)45-24-26-47(61-45)54(37-17-11-6-12-18-37)49-28-30-51(55)63-49/h4-30,32-33,60,63H,2-3,31,34H2,1H3. The molecule has 0 saturated heterocycles. The number of aromatic nitrogens is 6. The van der Waals surface area contributed by atoms with Gasteiger partial charge in [-0.05, 0) is 102 Å². The van der Waals surface area contributed by atoms with Crippen LogP contribution >= 0.6 is 0 Å². The van der Waals surface area contributed by atoms with Crippen molar-refractivity contribution in [3.8, 4) is 50.3 Å². The van der Waals surface area contributed by atoms with Crippen LogP contribution in [0, 0.1) is 0 Å². The van der Waals surface area contributed by atoms with Gasteiger partial charge in [-0.1, -0.05) is 116 Å².